The number of nitrogens with zero attached hydrogens (tertiary/aromatic N) is 2. The number of aromatic nitrogens is 2. The molecule has 0 aliphatic carbocycles. The molecule has 0 fully saturated rings. The summed E-state index contributed by atoms with van der Waals surface area (Å²) < 4.78 is 0. The van der Waals surface area contributed by atoms with E-state index < -0.39 is 0 Å². The minimum absolute atomic E-state index is 0.950. The first-order valence-corrected chi connectivity index (χ1v) is 8.06. The summed E-state index contributed by atoms with van der Waals surface area (Å²) in [7, 11) is 0. The van der Waals surface area contributed by atoms with Gasteiger partial charge in [-0.2, -0.15) is 0 Å². The van der Waals surface area contributed by atoms with E-state index in [1.54, 1.807) is 0 Å². The Bertz CT molecular complexity index is 522. The Morgan fingerprint density at radius 3 is 2.43 bits per heavy atom. The van der Waals surface area contributed by atoms with Gasteiger partial charge in [0.05, 0.1) is 5.69 Å². The average Bonchev–Trinajstić information content (AvgIpc) is 2.99. The fourth-order valence-electron chi connectivity index (χ4n) is 2.00. The van der Waals surface area contributed by atoms with Crippen molar-refractivity contribution in [3.05, 3.63) is 36.3 Å². The zero-order valence-corrected chi connectivity index (χ0v) is 14.7. The van der Waals surface area contributed by atoms with E-state index in [-0.39, 0.29) is 0 Å². The third kappa shape index (κ3) is 5.62. The van der Waals surface area contributed by atoms with E-state index in [1.165, 1.54) is 16.6 Å². The van der Waals surface area contributed by atoms with Crippen LogP contribution in [0.2, 0.25) is 0 Å². The van der Waals surface area contributed by atoms with Crippen LogP contribution in [0.15, 0.2) is 36.3 Å². The van der Waals surface area contributed by atoms with Crippen molar-refractivity contribution >= 4 is 16.7 Å². The van der Waals surface area contributed by atoms with Crippen molar-refractivity contribution in [2.24, 2.45) is 0 Å². The fraction of sp³-hybridized carbons (Fsp3) is 0.500. The predicted molar refractivity (Wildman–Crippen MR) is 95.9 cm³/mol. The van der Waals surface area contributed by atoms with Gasteiger partial charge in [0.1, 0.15) is 5.65 Å². The number of anilines is 1. The van der Waals surface area contributed by atoms with Crippen molar-refractivity contribution < 1.29 is 0 Å². The van der Waals surface area contributed by atoms with Crippen molar-refractivity contribution in [3.8, 4) is 0 Å². The number of pyridine rings is 1. The van der Waals surface area contributed by atoms with E-state index in [0.29, 0.717) is 0 Å². The topological polar surface area (TPSA) is 31.9 Å². The molecule has 3 heteroatoms. The van der Waals surface area contributed by atoms with Crippen LogP contribution in [0, 0.1) is 0 Å². The van der Waals surface area contributed by atoms with Crippen LogP contribution in [0.5, 0.6) is 0 Å². The molecular formula is C18H31N3. The number of hydrogen-bond donors (Lipinski definition) is 1. The number of H-pyrrole nitrogens is 1. The Morgan fingerprint density at radius 1 is 1.19 bits per heavy atom. The minimum atomic E-state index is 0.950. The summed E-state index contributed by atoms with van der Waals surface area (Å²) in [5.74, 6) is 0. The molecule has 0 saturated carbocycles. The van der Waals surface area contributed by atoms with Crippen molar-refractivity contribution in [1.82, 2.24) is 9.97 Å². The first kappa shape index (κ1) is 19.2. The molecule has 0 atom stereocenters. The smallest absolute Gasteiger partial charge is 0.139 e. The highest BCUT2D eigenvalue weighted by molar-refractivity contribution is 5.90. The standard InChI is InChI=1S/C14H19N3.2C2H6/c1-4-9-17(10-11(2)3)13-6-8-16-14-12(13)5-7-15-14;2*1-2/h5-8,10H,4,9H2,1-3H3,(H,15,16);2*1-2H3. The molecule has 0 unspecified atom stereocenters. The maximum atomic E-state index is 4.32. The van der Waals surface area contributed by atoms with Gasteiger partial charge in [-0.15, -0.1) is 0 Å². The highest BCUT2D eigenvalue weighted by atomic mass is 15.1. The maximum absolute atomic E-state index is 4.32. The lowest BCUT2D eigenvalue weighted by Gasteiger charge is -2.21. The van der Waals surface area contributed by atoms with E-state index in [2.05, 4.69) is 54.0 Å². The molecule has 0 aromatic carbocycles. The summed E-state index contributed by atoms with van der Waals surface area (Å²) in [4.78, 5) is 9.77. The molecule has 3 nitrogen and oxygen atoms in total. The molecule has 0 aliphatic rings. The number of nitrogens with one attached hydrogen (secondary N) is 1. The van der Waals surface area contributed by atoms with Crippen LogP contribution in [0.25, 0.3) is 11.0 Å². The van der Waals surface area contributed by atoms with Gasteiger partial charge in [-0.1, -0.05) is 40.2 Å². The number of aromatic amines is 1. The van der Waals surface area contributed by atoms with Gasteiger partial charge < -0.3 is 9.88 Å². The van der Waals surface area contributed by atoms with E-state index in [4.69, 9.17) is 0 Å². The monoisotopic (exact) mass is 289 g/mol. The van der Waals surface area contributed by atoms with Gasteiger partial charge in [-0.3, -0.25) is 0 Å². The van der Waals surface area contributed by atoms with Crippen LogP contribution >= 0.6 is 0 Å². The second-order valence-corrected chi connectivity index (χ2v) is 4.47. The molecule has 0 bridgehead atoms. The Labute approximate surface area is 130 Å². The summed E-state index contributed by atoms with van der Waals surface area (Å²) in [5, 5.41) is 1.18. The SMILES string of the molecule is CC.CC.CCCN(C=C(C)C)c1ccnc2[nH]ccc12. The summed E-state index contributed by atoms with van der Waals surface area (Å²) >= 11 is 0. The molecule has 0 aliphatic heterocycles. The molecule has 2 heterocycles. The van der Waals surface area contributed by atoms with Gasteiger partial charge in [0.25, 0.3) is 0 Å². The fourth-order valence-corrected chi connectivity index (χ4v) is 2.00. The summed E-state index contributed by atoms with van der Waals surface area (Å²) in [5.41, 5.74) is 3.48. The third-order valence-electron chi connectivity index (χ3n) is 2.63. The van der Waals surface area contributed by atoms with Crippen molar-refractivity contribution in [2.75, 3.05) is 11.4 Å². The number of rotatable bonds is 4. The first-order chi connectivity index (χ1) is 10.2. The molecule has 21 heavy (non-hydrogen) atoms. The summed E-state index contributed by atoms with van der Waals surface area (Å²) in [6.07, 6.45) is 7.12. The predicted octanol–water partition coefficient (Wildman–Crippen LogP) is 5.76. The largest absolute Gasteiger partial charge is 0.347 e. The summed E-state index contributed by atoms with van der Waals surface area (Å²) in [6.45, 7) is 15.5. The normalized spacial score (nSPS) is 9.10. The third-order valence-corrected chi connectivity index (χ3v) is 2.63. The quantitative estimate of drug-likeness (QED) is 0.776. The number of fused-ring (bicyclic) bond motifs is 1. The van der Waals surface area contributed by atoms with Gasteiger partial charge in [0.2, 0.25) is 0 Å². The molecule has 2 aromatic heterocycles. The van der Waals surface area contributed by atoms with Crippen LogP contribution in [0.1, 0.15) is 54.9 Å². The van der Waals surface area contributed by atoms with Crippen LogP contribution < -0.4 is 4.90 Å². The minimum Gasteiger partial charge on any atom is -0.347 e. The van der Waals surface area contributed by atoms with E-state index in [9.17, 15) is 0 Å². The van der Waals surface area contributed by atoms with Crippen molar-refractivity contribution in [3.63, 3.8) is 0 Å². The first-order valence-electron chi connectivity index (χ1n) is 8.06. The van der Waals surface area contributed by atoms with Gasteiger partial charge in [0, 0.05) is 30.5 Å². The molecule has 1 N–H and O–H groups in total. The molecule has 0 spiro atoms. The highest BCUT2D eigenvalue weighted by Crippen LogP contribution is 2.25. The van der Waals surface area contributed by atoms with Crippen molar-refractivity contribution in [1.29, 1.82) is 0 Å². The molecule has 0 saturated heterocycles. The van der Waals surface area contributed by atoms with E-state index >= 15 is 0 Å². The summed E-state index contributed by atoms with van der Waals surface area (Å²) in [6, 6.07) is 4.16. The number of allylic oxidation sites excluding steroid dienone is 1. The van der Waals surface area contributed by atoms with E-state index in [0.717, 1.165) is 18.6 Å². The molecule has 2 aromatic rings. The van der Waals surface area contributed by atoms with Crippen molar-refractivity contribution in [2.45, 2.75) is 54.9 Å². The Kier molecular flexibility index (Phi) is 10.0. The van der Waals surface area contributed by atoms with Crippen LogP contribution in [0.3, 0.4) is 0 Å². The second kappa shape index (κ2) is 11.0. The Balaban J connectivity index is 0.000000921. The number of hydrogen-bond acceptors (Lipinski definition) is 2. The average molecular weight is 289 g/mol. The van der Waals surface area contributed by atoms with Crippen LogP contribution in [-0.2, 0) is 0 Å². The van der Waals surface area contributed by atoms with E-state index in [1.807, 2.05) is 40.1 Å². The molecule has 0 amide bonds. The lowest BCUT2D eigenvalue weighted by molar-refractivity contribution is 0.877. The zero-order valence-electron chi connectivity index (χ0n) is 14.7. The molecule has 2 rings (SSSR count). The molecule has 0 radical (unpaired) electrons. The maximum Gasteiger partial charge on any atom is 0.139 e. The van der Waals surface area contributed by atoms with Gasteiger partial charge in [-0.05, 0) is 32.4 Å². The lowest BCUT2D eigenvalue weighted by Crippen LogP contribution is -2.17. The van der Waals surface area contributed by atoms with Gasteiger partial charge in [0.15, 0.2) is 0 Å². The van der Waals surface area contributed by atoms with Gasteiger partial charge >= 0.3 is 0 Å². The Morgan fingerprint density at radius 2 is 1.86 bits per heavy atom. The second-order valence-electron chi connectivity index (χ2n) is 4.47. The molecular weight excluding hydrogens is 258 g/mol. The van der Waals surface area contributed by atoms with Crippen LogP contribution in [0.4, 0.5) is 5.69 Å². The van der Waals surface area contributed by atoms with Crippen LogP contribution in [-0.4, -0.2) is 16.5 Å². The van der Waals surface area contributed by atoms with Gasteiger partial charge in [-0.25, -0.2) is 4.98 Å². The highest BCUT2D eigenvalue weighted by Gasteiger charge is 2.08. The Hall–Kier alpha value is -1.77. The molecule has 118 valence electrons. The lowest BCUT2D eigenvalue weighted by atomic mass is 10.2. The zero-order chi connectivity index (χ0) is 16.3.